The van der Waals surface area contributed by atoms with Gasteiger partial charge in [0.1, 0.15) is 0 Å². The van der Waals surface area contributed by atoms with Crippen LogP contribution in [0.1, 0.15) is 54.4 Å². The fraction of sp³-hybridized carbons (Fsp3) is 0.619. The highest BCUT2D eigenvalue weighted by molar-refractivity contribution is 5.43. The molecular weight excluding hydrogens is 296 g/mol. The Labute approximate surface area is 150 Å². The molecule has 0 aromatic carbocycles. The summed E-state index contributed by atoms with van der Waals surface area (Å²) in [5.74, 6) is 0. The van der Waals surface area contributed by atoms with E-state index in [1.807, 2.05) is 53.8 Å². The van der Waals surface area contributed by atoms with Crippen molar-refractivity contribution in [3.05, 3.63) is 48.2 Å². The molecule has 1 aliphatic rings. The third-order valence-electron chi connectivity index (χ3n) is 3.40. The fourth-order valence-corrected chi connectivity index (χ4v) is 2.42. The van der Waals surface area contributed by atoms with E-state index in [0.29, 0.717) is 6.54 Å². The summed E-state index contributed by atoms with van der Waals surface area (Å²) in [7, 11) is 1.91. The van der Waals surface area contributed by atoms with Crippen molar-refractivity contribution in [2.45, 2.75) is 60.0 Å². The Hall–Kier alpha value is -1.32. The van der Waals surface area contributed by atoms with Gasteiger partial charge in [-0.15, -0.1) is 0 Å². The molecule has 24 heavy (non-hydrogen) atoms. The Morgan fingerprint density at radius 1 is 1.33 bits per heavy atom. The molecule has 1 aliphatic heterocycles. The van der Waals surface area contributed by atoms with Gasteiger partial charge in [0, 0.05) is 18.8 Å². The molecule has 2 N–H and O–H groups in total. The zero-order valence-corrected chi connectivity index (χ0v) is 17.0. The molecule has 0 aromatic rings. The Kier molecular flexibility index (Phi) is 15.8. The van der Waals surface area contributed by atoms with Gasteiger partial charge in [0.05, 0.1) is 5.60 Å². The second kappa shape index (κ2) is 15.2. The third-order valence-corrected chi connectivity index (χ3v) is 3.40. The molecule has 0 amide bonds. The van der Waals surface area contributed by atoms with Gasteiger partial charge in [-0.2, -0.15) is 0 Å². The van der Waals surface area contributed by atoms with Crippen molar-refractivity contribution < 1.29 is 5.11 Å². The highest BCUT2D eigenvalue weighted by Gasteiger charge is 2.26. The topological polar surface area (TPSA) is 35.5 Å². The molecule has 1 unspecified atom stereocenters. The van der Waals surface area contributed by atoms with Gasteiger partial charge in [0.25, 0.3) is 0 Å². The number of rotatable bonds is 7. The quantitative estimate of drug-likeness (QED) is 0.709. The van der Waals surface area contributed by atoms with Crippen molar-refractivity contribution in [2.75, 3.05) is 26.7 Å². The van der Waals surface area contributed by atoms with Crippen LogP contribution in [0.3, 0.4) is 0 Å². The standard InChI is InChI=1S/C17H28N2O.2C2H6/c1-5-8-15-10-7-13-19(16(15)9-6-2)14-17(3,20)11-12-18-4;2*1-2/h5,7-10,18,20H,1,6,11-14H2,2-4H3;2*1-2H3/b15-8-,16-9+;;. The minimum absolute atomic E-state index is 0.638. The zero-order chi connectivity index (χ0) is 19.0. The maximum atomic E-state index is 10.5. The van der Waals surface area contributed by atoms with E-state index in [1.54, 1.807) is 0 Å². The van der Waals surface area contributed by atoms with Gasteiger partial charge < -0.3 is 15.3 Å². The van der Waals surface area contributed by atoms with E-state index in [-0.39, 0.29) is 0 Å². The van der Waals surface area contributed by atoms with Gasteiger partial charge in [0.2, 0.25) is 0 Å². The molecule has 1 rings (SSSR count). The minimum atomic E-state index is -0.694. The molecular formula is C21H40N2O. The van der Waals surface area contributed by atoms with E-state index >= 15 is 0 Å². The molecule has 1 atom stereocenters. The van der Waals surface area contributed by atoms with E-state index < -0.39 is 5.60 Å². The molecule has 3 heteroatoms. The monoisotopic (exact) mass is 336 g/mol. The van der Waals surface area contributed by atoms with Crippen LogP contribution in [0.4, 0.5) is 0 Å². The number of nitrogens with zero attached hydrogens (tertiary/aromatic N) is 1. The SMILES string of the molecule is C=C/C=C1/C=CCN(CC(C)(O)CCNC)/C1=C/CC.CC.CC. The van der Waals surface area contributed by atoms with Crippen LogP contribution in [-0.2, 0) is 0 Å². The lowest BCUT2D eigenvalue weighted by Gasteiger charge is -2.36. The van der Waals surface area contributed by atoms with Crippen molar-refractivity contribution in [3.63, 3.8) is 0 Å². The average Bonchev–Trinajstić information content (AvgIpc) is 2.59. The maximum absolute atomic E-state index is 10.5. The van der Waals surface area contributed by atoms with Crippen LogP contribution in [0.5, 0.6) is 0 Å². The van der Waals surface area contributed by atoms with Crippen molar-refractivity contribution in [1.82, 2.24) is 10.2 Å². The summed E-state index contributed by atoms with van der Waals surface area (Å²) >= 11 is 0. The Bertz CT molecular complexity index is 406. The molecule has 0 radical (unpaired) electrons. The highest BCUT2D eigenvalue weighted by Crippen LogP contribution is 2.25. The fourth-order valence-electron chi connectivity index (χ4n) is 2.42. The molecule has 0 saturated heterocycles. The molecule has 0 fully saturated rings. The second-order valence-corrected chi connectivity index (χ2v) is 5.49. The van der Waals surface area contributed by atoms with Crippen molar-refractivity contribution in [3.8, 4) is 0 Å². The highest BCUT2D eigenvalue weighted by atomic mass is 16.3. The van der Waals surface area contributed by atoms with Crippen LogP contribution in [0.2, 0.25) is 0 Å². The molecule has 0 bridgehead atoms. The summed E-state index contributed by atoms with van der Waals surface area (Å²) in [4.78, 5) is 2.24. The third kappa shape index (κ3) is 9.74. The molecule has 0 aliphatic carbocycles. The van der Waals surface area contributed by atoms with E-state index in [2.05, 4.69) is 41.9 Å². The van der Waals surface area contributed by atoms with Gasteiger partial charge in [-0.1, -0.05) is 71.6 Å². The van der Waals surface area contributed by atoms with Crippen LogP contribution in [0, 0.1) is 0 Å². The van der Waals surface area contributed by atoms with Crippen LogP contribution in [0.25, 0.3) is 0 Å². The van der Waals surface area contributed by atoms with Gasteiger partial charge in [-0.3, -0.25) is 0 Å². The van der Waals surface area contributed by atoms with Gasteiger partial charge in [0.15, 0.2) is 0 Å². The predicted molar refractivity (Wildman–Crippen MR) is 109 cm³/mol. The van der Waals surface area contributed by atoms with Crippen LogP contribution in [0.15, 0.2) is 48.2 Å². The molecule has 0 spiro atoms. The predicted octanol–water partition coefficient (Wildman–Crippen LogP) is 4.68. The smallest absolute Gasteiger partial charge is 0.0806 e. The first-order valence-electron chi connectivity index (χ1n) is 9.35. The minimum Gasteiger partial charge on any atom is -0.388 e. The summed E-state index contributed by atoms with van der Waals surface area (Å²) in [5, 5.41) is 13.6. The lowest BCUT2D eigenvalue weighted by Crippen LogP contribution is -2.43. The van der Waals surface area contributed by atoms with Crippen molar-refractivity contribution >= 4 is 0 Å². The number of allylic oxidation sites excluding steroid dienone is 4. The zero-order valence-electron chi connectivity index (χ0n) is 17.0. The first-order chi connectivity index (χ1) is 11.5. The van der Waals surface area contributed by atoms with E-state index in [0.717, 1.165) is 31.5 Å². The van der Waals surface area contributed by atoms with E-state index in [9.17, 15) is 5.11 Å². The number of hydrogen-bond acceptors (Lipinski definition) is 3. The van der Waals surface area contributed by atoms with Crippen LogP contribution in [-0.4, -0.2) is 42.3 Å². The molecule has 1 heterocycles. The molecule has 140 valence electrons. The van der Waals surface area contributed by atoms with Crippen molar-refractivity contribution in [1.29, 1.82) is 0 Å². The van der Waals surface area contributed by atoms with Crippen LogP contribution < -0.4 is 5.32 Å². The van der Waals surface area contributed by atoms with Crippen LogP contribution >= 0.6 is 0 Å². The molecule has 0 aromatic heterocycles. The lowest BCUT2D eigenvalue weighted by atomic mass is 9.98. The summed E-state index contributed by atoms with van der Waals surface area (Å²) in [6.45, 7) is 18.1. The summed E-state index contributed by atoms with van der Waals surface area (Å²) in [6.07, 6.45) is 12.0. The number of aliphatic hydroxyl groups is 1. The number of nitrogens with one attached hydrogen (secondary N) is 1. The Balaban J connectivity index is 0. The molecule has 0 saturated carbocycles. The number of hydrogen-bond donors (Lipinski definition) is 2. The van der Waals surface area contributed by atoms with E-state index in [1.165, 1.54) is 5.70 Å². The normalized spacial score (nSPS) is 19.1. The summed E-state index contributed by atoms with van der Waals surface area (Å²) in [5.41, 5.74) is 1.66. The first kappa shape index (κ1) is 24.9. The van der Waals surface area contributed by atoms with Gasteiger partial charge in [-0.25, -0.2) is 0 Å². The number of β-amino-alcohol motifs (C(OH)–C–C–N with tert-alkyl or cyclic N) is 1. The largest absolute Gasteiger partial charge is 0.388 e. The molecule has 3 nitrogen and oxygen atoms in total. The van der Waals surface area contributed by atoms with Gasteiger partial charge in [-0.05, 0) is 38.9 Å². The summed E-state index contributed by atoms with van der Waals surface area (Å²) in [6, 6.07) is 0. The Morgan fingerprint density at radius 3 is 2.46 bits per heavy atom. The summed E-state index contributed by atoms with van der Waals surface area (Å²) < 4.78 is 0. The van der Waals surface area contributed by atoms with E-state index in [4.69, 9.17) is 0 Å². The van der Waals surface area contributed by atoms with Crippen molar-refractivity contribution in [2.24, 2.45) is 0 Å². The Morgan fingerprint density at radius 2 is 1.96 bits per heavy atom. The first-order valence-corrected chi connectivity index (χ1v) is 9.35. The average molecular weight is 337 g/mol. The second-order valence-electron chi connectivity index (χ2n) is 5.49. The maximum Gasteiger partial charge on any atom is 0.0806 e. The lowest BCUT2D eigenvalue weighted by molar-refractivity contribution is 0.0249. The van der Waals surface area contributed by atoms with Gasteiger partial charge >= 0.3 is 0 Å².